The Labute approximate surface area is 70.7 Å². The van der Waals surface area contributed by atoms with Gasteiger partial charge in [0.1, 0.15) is 12.8 Å². The molecule has 0 aliphatic rings. The van der Waals surface area contributed by atoms with Gasteiger partial charge >= 0.3 is 0 Å². The molecule has 0 spiro atoms. The molecule has 0 radical (unpaired) electrons. The van der Waals surface area contributed by atoms with E-state index in [0.717, 1.165) is 5.56 Å². The lowest BCUT2D eigenvalue weighted by molar-refractivity contribution is -0.102. The molecule has 0 aliphatic carbocycles. The predicted molar refractivity (Wildman–Crippen MR) is 46.1 cm³/mol. The summed E-state index contributed by atoms with van der Waals surface area (Å²) >= 11 is 0. The van der Waals surface area contributed by atoms with Crippen molar-refractivity contribution in [1.29, 1.82) is 0 Å². The van der Waals surface area contributed by atoms with Crippen molar-refractivity contribution in [2.24, 2.45) is 5.16 Å². The van der Waals surface area contributed by atoms with Crippen molar-refractivity contribution in [3.63, 3.8) is 0 Å². The molecule has 0 atom stereocenters. The third-order valence-corrected chi connectivity index (χ3v) is 1.37. The number of hydrogen-bond acceptors (Lipinski definition) is 3. The number of nitrogens with zero attached hydrogens (tertiary/aromatic N) is 1. The van der Waals surface area contributed by atoms with E-state index >= 15 is 0 Å². The Hall–Kier alpha value is -1.64. The van der Waals surface area contributed by atoms with Crippen molar-refractivity contribution < 1.29 is 9.63 Å². The summed E-state index contributed by atoms with van der Waals surface area (Å²) in [5.74, 6) is 0. The van der Waals surface area contributed by atoms with Gasteiger partial charge in [0.05, 0.1) is 0 Å². The minimum Gasteiger partial charge on any atom is -0.399 e. The molecule has 1 aromatic carbocycles. The zero-order chi connectivity index (χ0) is 8.81. The van der Waals surface area contributed by atoms with Crippen molar-refractivity contribution in [3.8, 4) is 0 Å². The maximum atomic E-state index is 10.5. The Balaban J connectivity index is 2.96. The number of carbonyl (C=O) groups excluding carboxylic acids is 1. The number of aldehydes is 1. The van der Waals surface area contributed by atoms with E-state index in [-0.39, 0.29) is 0 Å². The first-order valence-electron chi connectivity index (χ1n) is 3.50. The lowest BCUT2D eigenvalue weighted by atomic mass is 10.1. The molecule has 0 saturated heterocycles. The summed E-state index contributed by atoms with van der Waals surface area (Å²) in [5.41, 5.74) is 1.06. The summed E-state index contributed by atoms with van der Waals surface area (Å²) in [7, 11) is 1.41. The maximum Gasteiger partial charge on any atom is 0.172 e. The van der Waals surface area contributed by atoms with Gasteiger partial charge in [0.15, 0.2) is 6.29 Å². The molecular formula is C9H9NO2. The van der Waals surface area contributed by atoms with Crippen LogP contribution in [0.2, 0.25) is 0 Å². The van der Waals surface area contributed by atoms with Gasteiger partial charge in [0.2, 0.25) is 0 Å². The number of hydrogen-bond donors (Lipinski definition) is 0. The molecule has 0 aromatic heterocycles. The molecule has 0 bridgehead atoms. The second-order valence-electron chi connectivity index (χ2n) is 2.14. The van der Waals surface area contributed by atoms with Crippen molar-refractivity contribution in [1.82, 2.24) is 0 Å². The summed E-state index contributed by atoms with van der Waals surface area (Å²) in [6.45, 7) is 0. The monoisotopic (exact) mass is 163 g/mol. The van der Waals surface area contributed by atoms with E-state index < -0.39 is 0 Å². The van der Waals surface area contributed by atoms with Crippen molar-refractivity contribution >= 4 is 12.0 Å². The highest BCUT2D eigenvalue weighted by molar-refractivity contribution is 6.36. The zero-order valence-corrected chi connectivity index (χ0v) is 6.73. The minimum absolute atomic E-state index is 0.304. The fourth-order valence-electron chi connectivity index (χ4n) is 0.850. The van der Waals surface area contributed by atoms with Crippen LogP contribution in [0.25, 0.3) is 0 Å². The fourth-order valence-corrected chi connectivity index (χ4v) is 0.850. The van der Waals surface area contributed by atoms with E-state index in [9.17, 15) is 4.79 Å². The van der Waals surface area contributed by atoms with Crippen molar-refractivity contribution in [2.45, 2.75) is 0 Å². The Morgan fingerprint density at radius 3 is 2.58 bits per heavy atom. The molecule has 3 nitrogen and oxygen atoms in total. The Kier molecular flexibility index (Phi) is 3.02. The average molecular weight is 163 g/mol. The number of rotatable bonds is 3. The van der Waals surface area contributed by atoms with E-state index in [4.69, 9.17) is 0 Å². The molecule has 3 heteroatoms. The SMILES string of the molecule is CON=C(C=O)c1ccccc1. The summed E-state index contributed by atoms with van der Waals surface area (Å²) in [5, 5.41) is 3.56. The number of benzene rings is 1. The quantitative estimate of drug-likeness (QED) is 0.382. The van der Waals surface area contributed by atoms with Gasteiger partial charge in [-0.25, -0.2) is 0 Å². The highest BCUT2D eigenvalue weighted by atomic mass is 16.6. The minimum atomic E-state index is 0.304. The van der Waals surface area contributed by atoms with Crippen LogP contribution in [0.3, 0.4) is 0 Å². The Bertz CT molecular complexity index is 280. The van der Waals surface area contributed by atoms with E-state index in [1.54, 1.807) is 12.1 Å². The first-order valence-corrected chi connectivity index (χ1v) is 3.50. The van der Waals surface area contributed by atoms with E-state index in [2.05, 4.69) is 9.99 Å². The summed E-state index contributed by atoms with van der Waals surface area (Å²) < 4.78 is 0. The average Bonchev–Trinajstić information content (AvgIpc) is 2.15. The second-order valence-corrected chi connectivity index (χ2v) is 2.14. The molecular weight excluding hydrogens is 154 g/mol. The lowest BCUT2D eigenvalue weighted by Crippen LogP contribution is -2.01. The largest absolute Gasteiger partial charge is 0.399 e. The van der Waals surface area contributed by atoms with Crippen LogP contribution in [0.1, 0.15) is 5.56 Å². The molecule has 0 fully saturated rings. The van der Waals surface area contributed by atoms with Crippen LogP contribution < -0.4 is 0 Å². The highest BCUT2D eigenvalue weighted by Crippen LogP contribution is 1.99. The molecule has 1 rings (SSSR count). The van der Waals surface area contributed by atoms with Crippen molar-refractivity contribution in [3.05, 3.63) is 35.9 Å². The molecule has 0 saturated carbocycles. The molecule has 1 aromatic rings. The summed E-state index contributed by atoms with van der Waals surface area (Å²) in [6.07, 6.45) is 0.666. The standard InChI is InChI=1S/C9H9NO2/c1-12-10-9(7-11)8-5-3-2-4-6-8/h2-7H,1H3. The van der Waals surface area contributed by atoms with Gasteiger partial charge in [-0.05, 0) is 0 Å². The topological polar surface area (TPSA) is 38.7 Å². The van der Waals surface area contributed by atoms with E-state index in [1.165, 1.54) is 7.11 Å². The predicted octanol–water partition coefficient (Wildman–Crippen LogP) is 1.24. The third kappa shape index (κ3) is 1.92. The second kappa shape index (κ2) is 4.28. The molecule has 0 heterocycles. The van der Waals surface area contributed by atoms with Gasteiger partial charge < -0.3 is 4.84 Å². The highest BCUT2D eigenvalue weighted by Gasteiger charge is 1.99. The number of carbonyl (C=O) groups is 1. The van der Waals surface area contributed by atoms with Gasteiger partial charge in [-0.2, -0.15) is 0 Å². The van der Waals surface area contributed by atoms with Crippen molar-refractivity contribution in [2.75, 3.05) is 7.11 Å². The number of oxime groups is 1. The Morgan fingerprint density at radius 2 is 2.08 bits per heavy atom. The third-order valence-electron chi connectivity index (χ3n) is 1.37. The van der Waals surface area contributed by atoms with Crippen LogP contribution >= 0.6 is 0 Å². The Morgan fingerprint density at radius 1 is 1.42 bits per heavy atom. The van der Waals surface area contributed by atoms with Crippen LogP contribution in [-0.4, -0.2) is 19.1 Å². The summed E-state index contributed by atoms with van der Waals surface area (Å²) in [6, 6.07) is 9.14. The van der Waals surface area contributed by atoms with Gasteiger partial charge in [0, 0.05) is 5.56 Å². The van der Waals surface area contributed by atoms with Gasteiger partial charge in [0.25, 0.3) is 0 Å². The van der Waals surface area contributed by atoms with E-state index in [0.29, 0.717) is 12.0 Å². The molecule has 0 unspecified atom stereocenters. The smallest absolute Gasteiger partial charge is 0.172 e. The van der Waals surface area contributed by atoms with Crippen LogP contribution in [0, 0.1) is 0 Å². The zero-order valence-electron chi connectivity index (χ0n) is 6.73. The van der Waals surface area contributed by atoms with Gasteiger partial charge in [-0.3, -0.25) is 4.79 Å². The first-order chi connectivity index (χ1) is 5.88. The normalized spacial score (nSPS) is 10.9. The molecule has 0 N–H and O–H groups in total. The molecule has 12 heavy (non-hydrogen) atoms. The van der Waals surface area contributed by atoms with Crippen LogP contribution in [0.4, 0.5) is 0 Å². The van der Waals surface area contributed by atoms with Gasteiger partial charge in [-0.15, -0.1) is 0 Å². The molecule has 0 aliphatic heterocycles. The maximum absolute atomic E-state index is 10.5. The fraction of sp³-hybridized carbons (Fsp3) is 0.111. The van der Waals surface area contributed by atoms with E-state index in [1.807, 2.05) is 18.2 Å². The van der Waals surface area contributed by atoms with Crippen LogP contribution in [0.15, 0.2) is 35.5 Å². The van der Waals surface area contributed by atoms with Crippen LogP contribution in [-0.2, 0) is 9.63 Å². The van der Waals surface area contributed by atoms with Gasteiger partial charge in [-0.1, -0.05) is 35.5 Å². The van der Waals surface area contributed by atoms with Crippen LogP contribution in [0.5, 0.6) is 0 Å². The first kappa shape index (κ1) is 8.46. The molecule has 0 amide bonds. The summed E-state index contributed by atoms with van der Waals surface area (Å²) in [4.78, 5) is 15.0. The lowest BCUT2D eigenvalue weighted by Gasteiger charge is -1.96. The molecule has 62 valence electrons.